The number of hydrogen-bond donors (Lipinski definition) is 0. The third-order valence-electron chi connectivity index (χ3n) is 4.25. The molecule has 0 unspecified atom stereocenters. The first-order valence-corrected chi connectivity index (χ1v) is 11.7. The van der Waals surface area contributed by atoms with Crippen molar-refractivity contribution in [2.75, 3.05) is 20.3 Å². The van der Waals surface area contributed by atoms with Gasteiger partial charge in [-0.3, -0.25) is 9.69 Å². The van der Waals surface area contributed by atoms with Crippen molar-refractivity contribution in [3.05, 3.63) is 62.1 Å². The smallest absolute Gasteiger partial charge is 0.343 e. The summed E-state index contributed by atoms with van der Waals surface area (Å²) in [7, 11) is 1.30. The molecule has 0 spiro atoms. The quantitative estimate of drug-likeness (QED) is 0.199. The molecule has 1 heterocycles. The Hall–Kier alpha value is -2.11. The van der Waals surface area contributed by atoms with E-state index in [-0.39, 0.29) is 12.5 Å². The molecule has 1 fully saturated rings. The molecule has 0 atom stereocenters. The highest BCUT2D eigenvalue weighted by Crippen LogP contribution is 2.38. The molecule has 0 saturated carbocycles. The molecule has 2 aromatic rings. The van der Waals surface area contributed by atoms with E-state index in [1.54, 1.807) is 17.0 Å². The summed E-state index contributed by atoms with van der Waals surface area (Å²) in [5.74, 6) is 0.341. The third-order valence-corrected chi connectivity index (χ3v) is 6.43. The molecule has 6 nitrogen and oxygen atoms in total. The van der Waals surface area contributed by atoms with Gasteiger partial charge in [0.2, 0.25) is 0 Å². The van der Waals surface area contributed by atoms with Gasteiger partial charge in [-0.05, 0) is 58.9 Å². The van der Waals surface area contributed by atoms with Crippen molar-refractivity contribution in [2.24, 2.45) is 0 Å². The van der Waals surface area contributed by atoms with Crippen LogP contribution >= 0.6 is 46.6 Å². The predicted molar refractivity (Wildman–Crippen MR) is 133 cm³/mol. The molecule has 2 aromatic carbocycles. The molecule has 1 saturated heterocycles. The van der Waals surface area contributed by atoms with Gasteiger partial charge in [0, 0.05) is 0 Å². The standard InChI is InChI=1S/C22H20INO5S2/c1-3-28-17-10-15(9-16(23)20(17)29-13-19(25)27-2)11-18-21(26)24(22(30)31-18)12-14-7-5-4-6-8-14/h4-11H,3,12-13H2,1-2H3/b18-11-. The molecular weight excluding hydrogens is 549 g/mol. The molecule has 0 aliphatic carbocycles. The molecule has 3 rings (SSSR count). The van der Waals surface area contributed by atoms with Crippen molar-refractivity contribution in [2.45, 2.75) is 13.5 Å². The molecule has 0 radical (unpaired) electrons. The summed E-state index contributed by atoms with van der Waals surface area (Å²) < 4.78 is 17.2. The third kappa shape index (κ3) is 5.98. The van der Waals surface area contributed by atoms with Gasteiger partial charge in [0.15, 0.2) is 18.1 Å². The van der Waals surface area contributed by atoms with Crippen molar-refractivity contribution in [1.29, 1.82) is 0 Å². The monoisotopic (exact) mass is 569 g/mol. The van der Waals surface area contributed by atoms with E-state index in [9.17, 15) is 9.59 Å². The van der Waals surface area contributed by atoms with Gasteiger partial charge in [-0.2, -0.15) is 0 Å². The van der Waals surface area contributed by atoms with Crippen molar-refractivity contribution in [1.82, 2.24) is 4.90 Å². The maximum absolute atomic E-state index is 12.9. The van der Waals surface area contributed by atoms with Crippen LogP contribution in [0, 0.1) is 3.57 Å². The van der Waals surface area contributed by atoms with Gasteiger partial charge in [-0.25, -0.2) is 4.79 Å². The SMILES string of the molecule is CCOc1cc(/C=C2\SC(=S)N(Cc3ccccc3)C2=O)cc(I)c1OCC(=O)OC. The first-order chi connectivity index (χ1) is 14.9. The fourth-order valence-corrected chi connectivity index (χ4v) is 4.85. The van der Waals surface area contributed by atoms with Crippen LogP contribution in [0.25, 0.3) is 6.08 Å². The second-order valence-electron chi connectivity index (χ2n) is 6.38. The lowest BCUT2D eigenvalue weighted by molar-refractivity contribution is -0.143. The number of nitrogens with zero attached hydrogens (tertiary/aromatic N) is 1. The summed E-state index contributed by atoms with van der Waals surface area (Å²) in [6, 6.07) is 13.4. The van der Waals surface area contributed by atoms with Crippen LogP contribution in [0.15, 0.2) is 47.4 Å². The minimum absolute atomic E-state index is 0.127. The first-order valence-electron chi connectivity index (χ1n) is 9.38. The average molecular weight is 569 g/mol. The largest absolute Gasteiger partial charge is 0.490 e. The zero-order chi connectivity index (χ0) is 22.4. The van der Waals surface area contributed by atoms with E-state index in [1.807, 2.05) is 43.3 Å². The van der Waals surface area contributed by atoms with Crippen molar-refractivity contribution < 1.29 is 23.8 Å². The number of methoxy groups -OCH3 is 1. The van der Waals surface area contributed by atoms with Gasteiger partial charge in [0.25, 0.3) is 5.91 Å². The topological polar surface area (TPSA) is 65.1 Å². The number of esters is 1. The molecule has 1 aliphatic rings. The lowest BCUT2D eigenvalue weighted by Crippen LogP contribution is -2.27. The van der Waals surface area contributed by atoms with E-state index in [0.717, 1.165) is 14.7 Å². The number of benzene rings is 2. The van der Waals surface area contributed by atoms with E-state index in [0.29, 0.717) is 33.9 Å². The predicted octanol–water partition coefficient (Wildman–Crippen LogP) is 4.64. The number of amides is 1. The Morgan fingerprint density at radius 2 is 1.97 bits per heavy atom. The van der Waals surface area contributed by atoms with Crippen molar-refractivity contribution in [3.63, 3.8) is 0 Å². The van der Waals surface area contributed by atoms with Crippen LogP contribution in [0.5, 0.6) is 11.5 Å². The Balaban J connectivity index is 1.84. The summed E-state index contributed by atoms with van der Waals surface area (Å²) in [5, 5.41) is 0. The van der Waals surface area contributed by atoms with E-state index < -0.39 is 5.97 Å². The normalized spacial score (nSPS) is 14.8. The van der Waals surface area contributed by atoms with Crippen LogP contribution in [0.3, 0.4) is 0 Å². The summed E-state index contributed by atoms with van der Waals surface area (Å²) in [6.07, 6.45) is 1.79. The Bertz CT molecular complexity index is 1030. The van der Waals surface area contributed by atoms with Crippen LogP contribution in [-0.2, 0) is 20.9 Å². The molecule has 31 heavy (non-hydrogen) atoms. The van der Waals surface area contributed by atoms with Gasteiger partial charge in [0.05, 0.1) is 28.7 Å². The number of rotatable bonds is 8. The van der Waals surface area contributed by atoms with Crippen LogP contribution in [0.2, 0.25) is 0 Å². The van der Waals surface area contributed by atoms with Crippen LogP contribution < -0.4 is 9.47 Å². The van der Waals surface area contributed by atoms with E-state index >= 15 is 0 Å². The van der Waals surface area contributed by atoms with Crippen LogP contribution in [0.4, 0.5) is 0 Å². The summed E-state index contributed by atoms with van der Waals surface area (Å²) in [5.41, 5.74) is 1.79. The summed E-state index contributed by atoms with van der Waals surface area (Å²) >= 11 is 8.82. The Morgan fingerprint density at radius 1 is 1.23 bits per heavy atom. The first kappa shape index (κ1) is 23.6. The summed E-state index contributed by atoms with van der Waals surface area (Å²) in [4.78, 5) is 26.5. The van der Waals surface area contributed by atoms with Crippen LogP contribution in [0.1, 0.15) is 18.1 Å². The molecule has 9 heteroatoms. The minimum atomic E-state index is -0.482. The number of ether oxygens (including phenoxy) is 3. The molecule has 0 bridgehead atoms. The van der Waals surface area contributed by atoms with E-state index in [2.05, 4.69) is 27.3 Å². The van der Waals surface area contributed by atoms with Crippen molar-refractivity contribution in [3.8, 4) is 11.5 Å². The number of carbonyl (C=O) groups is 2. The van der Waals surface area contributed by atoms with Gasteiger partial charge in [-0.1, -0.05) is 54.3 Å². The Labute approximate surface area is 204 Å². The zero-order valence-electron chi connectivity index (χ0n) is 16.9. The zero-order valence-corrected chi connectivity index (χ0v) is 20.7. The fraction of sp³-hybridized carbons (Fsp3) is 0.227. The fourth-order valence-electron chi connectivity index (χ4n) is 2.82. The minimum Gasteiger partial charge on any atom is -0.490 e. The van der Waals surface area contributed by atoms with Gasteiger partial charge < -0.3 is 14.2 Å². The lowest BCUT2D eigenvalue weighted by Gasteiger charge is -2.15. The van der Waals surface area contributed by atoms with E-state index in [4.69, 9.17) is 21.7 Å². The van der Waals surface area contributed by atoms with E-state index in [1.165, 1.54) is 18.9 Å². The summed E-state index contributed by atoms with van der Waals surface area (Å²) in [6.45, 7) is 2.50. The molecule has 1 amide bonds. The van der Waals surface area contributed by atoms with Crippen LogP contribution in [-0.4, -0.2) is 41.4 Å². The maximum atomic E-state index is 12.9. The van der Waals surface area contributed by atoms with Gasteiger partial charge in [0.1, 0.15) is 4.32 Å². The van der Waals surface area contributed by atoms with Gasteiger partial charge >= 0.3 is 5.97 Å². The number of thiocarbonyl (C=S) groups is 1. The second-order valence-corrected chi connectivity index (χ2v) is 9.22. The molecular formula is C22H20INO5S2. The number of carbonyl (C=O) groups excluding carboxylic acids is 2. The number of halogens is 1. The highest BCUT2D eigenvalue weighted by molar-refractivity contribution is 14.1. The molecule has 0 N–H and O–H groups in total. The molecule has 1 aliphatic heterocycles. The average Bonchev–Trinajstić information content (AvgIpc) is 3.01. The van der Waals surface area contributed by atoms with Crippen molar-refractivity contribution >= 4 is 68.8 Å². The Morgan fingerprint density at radius 3 is 2.65 bits per heavy atom. The number of thioether (sulfide) groups is 1. The lowest BCUT2D eigenvalue weighted by atomic mass is 10.1. The second kappa shape index (κ2) is 11.0. The highest BCUT2D eigenvalue weighted by Gasteiger charge is 2.32. The number of hydrogen-bond acceptors (Lipinski definition) is 7. The molecule has 162 valence electrons. The highest BCUT2D eigenvalue weighted by atomic mass is 127. The Kier molecular flexibility index (Phi) is 8.33. The maximum Gasteiger partial charge on any atom is 0.343 e. The van der Waals surface area contributed by atoms with Gasteiger partial charge in [-0.15, -0.1) is 0 Å². The molecule has 0 aromatic heterocycles.